The summed E-state index contributed by atoms with van der Waals surface area (Å²) in [7, 11) is 0. The highest BCUT2D eigenvalue weighted by Crippen LogP contribution is 2.43. The second-order valence-corrected chi connectivity index (χ2v) is 7.44. The van der Waals surface area contributed by atoms with Gasteiger partial charge in [0.25, 0.3) is 0 Å². The molecular formula is C14H27FO3. The first-order chi connectivity index (χ1) is 7.86. The normalized spacial score (nSPS) is 38.2. The van der Waals surface area contributed by atoms with E-state index in [1.54, 1.807) is 0 Å². The first kappa shape index (κ1) is 15.9. The van der Waals surface area contributed by atoms with Crippen LogP contribution < -0.4 is 0 Å². The number of hydrogen-bond donors (Lipinski definition) is 1. The summed E-state index contributed by atoms with van der Waals surface area (Å²) in [6.45, 7) is 13.1. The molecule has 0 saturated carbocycles. The molecule has 1 fully saturated rings. The minimum absolute atomic E-state index is 0.205. The van der Waals surface area contributed by atoms with Gasteiger partial charge in [-0.05, 0) is 33.1 Å². The Hall–Kier alpha value is -0.190. The van der Waals surface area contributed by atoms with Gasteiger partial charge >= 0.3 is 0 Å². The average Bonchev–Trinajstić information content (AvgIpc) is 2.34. The van der Waals surface area contributed by atoms with Gasteiger partial charge in [0.05, 0.1) is 18.3 Å². The van der Waals surface area contributed by atoms with E-state index in [9.17, 15) is 9.50 Å². The fourth-order valence-electron chi connectivity index (χ4n) is 2.41. The van der Waals surface area contributed by atoms with Crippen molar-refractivity contribution in [3.05, 3.63) is 0 Å². The summed E-state index contributed by atoms with van der Waals surface area (Å²) >= 11 is 0. The van der Waals surface area contributed by atoms with Crippen LogP contribution in [-0.2, 0) is 9.47 Å². The first-order valence-corrected chi connectivity index (χ1v) is 6.52. The van der Waals surface area contributed by atoms with Crippen molar-refractivity contribution in [1.82, 2.24) is 0 Å². The van der Waals surface area contributed by atoms with Gasteiger partial charge in [-0.25, -0.2) is 4.39 Å². The van der Waals surface area contributed by atoms with Crippen LogP contribution in [-0.4, -0.2) is 41.3 Å². The molecule has 0 aromatic carbocycles. The van der Waals surface area contributed by atoms with Crippen molar-refractivity contribution in [3.63, 3.8) is 0 Å². The molecule has 0 aliphatic carbocycles. The minimum atomic E-state index is -1.75. The molecule has 0 aromatic rings. The van der Waals surface area contributed by atoms with Crippen molar-refractivity contribution >= 4 is 0 Å². The van der Waals surface area contributed by atoms with Gasteiger partial charge in [0.15, 0.2) is 5.67 Å². The molecule has 108 valence electrons. The van der Waals surface area contributed by atoms with E-state index in [2.05, 4.69) is 0 Å². The third kappa shape index (κ3) is 3.43. The van der Waals surface area contributed by atoms with Gasteiger partial charge in [0.1, 0.15) is 12.2 Å². The maximum atomic E-state index is 14.6. The molecule has 1 rings (SSSR count). The van der Waals surface area contributed by atoms with Gasteiger partial charge in [-0.15, -0.1) is 0 Å². The lowest BCUT2D eigenvalue weighted by Gasteiger charge is -2.33. The average molecular weight is 262 g/mol. The van der Waals surface area contributed by atoms with Crippen LogP contribution in [0.4, 0.5) is 4.39 Å². The molecule has 0 radical (unpaired) electrons. The molecular weight excluding hydrogens is 235 g/mol. The Kier molecular flexibility index (Phi) is 4.17. The number of halogens is 1. The Morgan fingerprint density at radius 3 is 2.06 bits per heavy atom. The molecule has 4 atom stereocenters. The number of alkyl halides is 1. The Labute approximate surface area is 110 Å². The van der Waals surface area contributed by atoms with Gasteiger partial charge in [0.2, 0.25) is 0 Å². The molecule has 0 bridgehead atoms. The van der Waals surface area contributed by atoms with Crippen LogP contribution >= 0.6 is 0 Å². The summed E-state index contributed by atoms with van der Waals surface area (Å²) in [5.74, 6) is 0. The molecule has 4 unspecified atom stereocenters. The van der Waals surface area contributed by atoms with E-state index < -0.39 is 24.0 Å². The van der Waals surface area contributed by atoms with Crippen LogP contribution in [0.3, 0.4) is 0 Å². The topological polar surface area (TPSA) is 38.7 Å². The van der Waals surface area contributed by atoms with E-state index in [4.69, 9.17) is 9.47 Å². The Balaban J connectivity index is 2.76. The van der Waals surface area contributed by atoms with Gasteiger partial charge in [-0.2, -0.15) is 0 Å². The molecule has 1 N–H and O–H groups in total. The zero-order chi connectivity index (χ0) is 14.4. The lowest BCUT2D eigenvalue weighted by atomic mass is 9.79. The Bertz CT molecular complexity index is 288. The van der Waals surface area contributed by atoms with E-state index >= 15 is 0 Å². The van der Waals surface area contributed by atoms with Gasteiger partial charge < -0.3 is 14.6 Å². The summed E-state index contributed by atoms with van der Waals surface area (Å²) in [6, 6.07) is 0. The number of ether oxygens (including phenoxy) is 2. The van der Waals surface area contributed by atoms with Crippen molar-refractivity contribution in [3.8, 4) is 0 Å². The minimum Gasteiger partial charge on any atom is -0.387 e. The van der Waals surface area contributed by atoms with E-state index in [-0.39, 0.29) is 17.6 Å². The Morgan fingerprint density at radius 1 is 1.22 bits per heavy atom. The number of aliphatic hydroxyl groups is 1. The standard InChI is InChI=1S/C14H27FO3/c1-12(2,3)11-14(7,15)10(16)9(18-11)8-17-13(4,5)6/h9-11,16H,8H2,1-7H3. The molecule has 4 heteroatoms. The van der Waals surface area contributed by atoms with Crippen LogP contribution in [0.25, 0.3) is 0 Å². The predicted molar refractivity (Wildman–Crippen MR) is 69.3 cm³/mol. The van der Waals surface area contributed by atoms with Crippen LogP contribution in [0, 0.1) is 5.41 Å². The molecule has 0 aromatic heterocycles. The zero-order valence-corrected chi connectivity index (χ0v) is 12.6. The van der Waals surface area contributed by atoms with Crippen LogP contribution in [0.1, 0.15) is 48.5 Å². The molecule has 3 nitrogen and oxygen atoms in total. The van der Waals surface area contributed by atoms with Crippen molar-refractivity contribution in [2.24, 2.45) is 5.41 Å². The van der Waals surface area contributed by atoms with Crippen LogP contribution in [0.2, 0.25) is 0 Å². The quantitative estimate of drug-likeness (QED) is 0.831. The van der Waals surface area contributed by atoms with Crippen molar-refractivity contribution < 1.29 is 19.0 Å². The molecule has 1 heterocycles. The summed E-state index contributed by atoms with van der Waals surface area (Å²) in [6.07, 6.45) is -2.39. The van der Waals surface area contributed by atoms with E-state index in [1.165, 1.54) is 6.92 Å². The third-order valence-corrected chi connectivity index (χ3v) is 3.22. The SMILES string of the molecule is CC(C)(C)OCC1OC(C(C)(C)C)C(C)(F)C1O. The number of hydrogen-bond acceptors (Lipinski definition) is 3. The molecule has 18 heavy (non-hydrogen) atoms. The maximum absolute atomic E-state index is 14.6. The molecule has 1 aliphatic heterocycles. The molecule has 1 aliphatic rings. The van der Waals surface area contributed by atoms with Gasteiger partial charge in [-0.3, -0.25) is 0 Å². The molecule has 0 amide bonds. The highest BCUT2D eigenvalue weighted by atomic mass is 19.1. The third-order valence-electron chi connectivity index (χ3n) is 3.22. The summed E-state index contributed by atoms with van der Waals surface area (Å²) in [5, 5.41) is 10.1. The second kappa shape index (κ2) is 4.73. The van der Waals surface area contributed by atoms with Crippen LogP contribution in [0.5, 0.6) is 0 Å². The lowest BCUT2D eigenvalue weighted by molar-refractivity contribution is -0.104. The van der Waals surface area contributed by atoms with Crippen molar-refractivity contribution in [2.75, 3.05) is 6.61 Å². The summed E-state index contributed by atoms with van der Waals surface area (Å²) < 4.78 is 25.9. The first-order valence-electron chi connectivity index (χ1n) is 6.52. The van der Waals surface area contributed by atoms with Gasteiger partial charge in [-0.1, -0.05) is 20.8 Å². The second-order valence-electron chi connectivity index (χ2n) is 7.44. The van der Waals surface area contributed by atoms with Gasteiger partial charge in [0, 0.05) is 0 Å². The summed E-state index contributed by atoms with van der Waals surface area (Å²) in [5.41, 5.74) is -2.43. The largest absolute Gasteiger partial charge is 0.387 e. The highest BCUT2D eigenvalue weighted by molar-refractivity contribution is 5.05. The summed E-state index contributed by atoms with van der Waals surface area (Å²) in [4.78, 5) is 0. The highest BCUT2D eigenvalue weighted by Gasteiger charge is 2.57. The van der Waals surface area contributed by atoms with Crippen molar-refractivity contribution in [1.29, 1.82) is 0 Å². The van der Waals surface area contributed by atoms with E-state index in [0.29, 0.717) is 0 Å². The smallest absolute Gasteiger partial charge is 0.163 e. The number of aliphatic hydroxyl groups excluding tert-OH is 1. The monoisotopic (exact) mass is 262 g/mol. The Morgan fingerprint density at radius 2 is 1.72 bits per heavy atom. The number of rotatable bonds is 2. The lowest BCUT2D eigenvalue weighted by Crippen LogP contribution is -2.47. The van der Waals surface area contributed by atoms with Crippen molar-refractivity contribution in [2.45, 2.75) is 78.0 Å². The molecule has 1 saturated heterocycles. The maximum Gasteiger partial charge on any atom is 0.163 e. The van der Waals surface area contributed by atoms with E-state index in [1.807, 2.05) is 41.5 Å². The molecule has 0 spiro atoms. The van der Waals surface area contributed by atoms with Crippen LogP contribution in [0.15, 0.2) is 0 Å². The fourth-order valence-corrected chi connectivity index (χ4v) is 2.41. The van der Waals surface area contributed by atoms with E-state index in [0.717, 1.165) is 0 Å². The fraction of sp³-hybridized carbons (Fsp3) is 1.00. The predicted octanol–water partition coefficient (Wildman–Crippen LogP) is 2.70. The zero-order valence-electron chi connectivity index (χ0n) is 12.6.